The van der Waals surface area contributed by atoms with Crippen LogP contribution >= 0.6 is 11.8 Å². The fourth-order valence-electron chi connectivity index (χ4n) is 5.11. The number of nitro benzene ring substituents is 1. The third-order valence-electron chi connectivity index (χ3n) is 7.83. The number of furan rings is 1. The lowest BCUT2D eigenvalue weighted by molar-refractivity contribution is -0.384. The van der Waals surface area contributed by atoms with E-state index in [1.54, 1.807) is 66.7 Å². The van der Waals surface area contributed by atoms with Crippen LogP contribution in [0.1, 0.15) is 32.5 Å². The highest BCUT2D eigenvalue weighted by Crippen LogP contribution is 2.37. The van der Waals surface area contributed by atoms with E-state index in [0.717, 1.165) is 21.6 Å². The summed E-state index contributed by atoms with van der Waals surface area (Å²) in [5.74, 6) is -0.348. The number of amides is 3. The molecule has 11 heteroatoms. The second-order valence-corrected chi connectivity index (χ2v) is 12.8. The van der Waals surface area contributed by atoms with Gasteiger partial charge in [0.15, 0.2) is 0 Å². The summed E-state index contributed by atoms with van der Waals surface area (Å²) in [4.78, 5) is 51.5. The highest BCUT2D eigenvalue weighted by Gasteiger charge is 2.23. The maximum atomic E-state index is 13.6. The summed E-state index contributed by atoms with van der Waals surface area (Å²) in [6, 6.07) is 41.8. The third kappa shape index (κ3) is 9.09. The molecule has 0 saturated heterocycles. The first kappa shape index (κ1) is 35.1. The molecule has 0 aliphatic heterocycles. The minimum absolute atomic E-state index is 0.0239. The zero-order valence-electron chi connectivity index (χ0n) is 27.8. The molecule has 52 heavy (non-hydrogen) atoms. The molecule has 0 fully saturated rings. The first-order valence-corrected chi connectivity index (χ1v) is 17.0. The van der Waals surface area contributed by atoms with Gasteiger partial charge in [-0.1, -0.05) is 78.4 Å². The van der Waals surface area contributed by atoms with E-state index in [4.69, 9.17) is 4.42 Å². The number of carbonyl (C=O) groups excluding carboxylic acids is 3. The van der Waals surface area contributed by atoms with Crippen LogP contribution in [-0.4, -0.2) is 22.6 Å². The topological polar surface area (TPSA) is 144 Å². The summed E-state index contributed by atoms with van der Waals surface area (Å²) >= 11 is 1.31. The predicted octanol–water partition coefficient (Wildman–Crippen LogP) is 9.04. The van der Waals surface area contributed by atoms with Gasteiger partial charge >= 0.3 is 0 Å². The van der Waals surface area contributed by atoms with Crippen LogP contribution in [0, 0.1) is 17.0 Å². The molecule has 1 heterocycles. The summed E-state index contributed by atoms with van der Waals surface area (Å²) in [6.07, 6.45) is 1.48. The highest BCUT2D eigenvalue weighted by molar-refractivity contribution is 8.00. The molecular weight excluding hydrogens is 677 g/mol. The van der Waals surface area contributed by atoms with Gasteiger partial charge in [0.25, 0.3) is 17.5 Å². The largest absolute Gasteiger partial charge is 0.457 e. The lowest BCUT2D eigenvalue weighted by Crippen LogP contribution is -2.30. The van der Waals surface area contributed by atoms with Gasteiger partial charge in [-0.25, -0.2) is 0 Å². The molecule has 0 bridgehead atoms. The van der Waals surface area contributed by atoms with Crippen LogP contribution in [0.2, 0.25) is 0 Å². The SMILES string of the molecule is Cc1ccc(-c2ccc(C=C(NC(=O)c3ccccc3)C(=O)Nc3ccc(SC(C(=O)Nc4ccc([N+](=O)[O-])cc4)c4ccccc4)cc3)o2)cc1. The monoisotopic (exact) mass is 708 g/mol. The minimum Gasteiger partial charge on any atom is -0.457 e. The molecule has 1 unspecified atom stereocenters. The van der Waals surface area contributed by atoms with Crippen molar-refractivity contribution in [1.82, 2.24) is 5.32 Å². The summed E-state index contributed by atoms with van der Waals surface area (Å²) in [5.41, 5.74) is 3.92. The number of carbonyl (C=O) groups is 3. The van der Waals surface area contributed by atoms with Gasteiger partial charge in [-0.3, -0.25) is 24.5 Å². The quantitative estimate of drug-likeness (QED) is 0.0498. The first-order valence-electron chi connectivity index (χ1n) is 16.2. The van der Waals surface area contributed by atoms with Gasteiger partial charge in [0.2, 0.25) is 5.91 Å². The average Bonchev–Trinajstić information content (AvgIpc) is 3.64. The number of nitro groups is 1. The van der Waals surface area contributed by atoms with Crippen LogP contribution in [0.4, 0.5) is 17.1 Å². The van der Waals surface area contributed by atoms with Crippen molar-refractivity contribution in [3.63, 3.8) is 0 Å². The molecule has 0 aliphatic rings. The van der Waals surface area contributed by atoms with Crippen molar-refractivity contribution in [1.29, 1.82) is 0 Å². The van der Waals surface area contributed by atoms with Crippen molar-refractivity contribution >= 4 is 52.6 Å². The Balaban J connectivity index is 1.19. The van der Waals surface area contributed by atoms with Crippen molar-refractivity contribution in [2.75, 3.05) is 10.6 Å². The Morgan fingerprint density at radius 3 is 2.00 bits per heavy atom. The smallest absolute Gasteiger partial charge is 0.272 e. The number of non-ortho nitro benzene ring substituents is 1. The number of aryl methyl sites for hydroxylation is 1. The van der Waals surface area contributed by atoms with Crippen molar-refractivity contribution in [2.45, 2.75) is 17.1 Å². The van der Waals surface area contributed by atoms with Crippen molar-refractivity contribution in [3.8, 4) is 11.3 Å². The Morgan fingerprint density at radius 1 is 0.731 bits per heavy atom. The zero-order valence-corrected chi connectivity index (χ0v) is 28.6. The Labute approximate surface area is 303 Å². The third-order valence-corrected chi connectivity index (χ3v) is 9.10. The van der Waals surface area contributed by atoms with E-state index in [1.807, 2.05) is 61.5 Å². The molecule has 3 N–H and O–H groups in total. The maximum absolute atomic E-state index is 13.6. The van der Waals surface area contributed by atoms with E-state index >= 15 is 0 Å². The van der Waals surface area contributed by atoms with Crippen molar-refractivity contribution in [3.05, 3.63) is 184 Å². The number of hydrogen-bond acceptors (Lipinski definition) is 7. The lowest BCUT2D eigenvalue weighted by Gasteiger charge is -2.17. The van der Waals surface area contributed by atoms with Gasteiger partial charge < -0.3 is 20.4 Å². The van der Waals surface area contributed by atoms with E-state index in [1.165, 1.54) is 42.1 Å². The molecule has 258 valence electrons. The van der Waals surface area contributed by atoms with Crippen LogP contribution in [-0.2, 0) is 9.59 Å². The Hall–Kier alpha value is -6.72. The van der Waals surface area contributed by atoms with Gasteiger partial charge in [-0.15, -0.1) is 11.8 Å². The predicted molar refractivity (Wildman–Crippen MR) is 203 cm³/mol. The second-order valence-electron chi connectivity index (χ2n) is 11.6. The van der Waals surface area contributed by atoms with Crippen LogP contribution < -0.4 is 16.0 Å². The fraction of sp³-hybridized carbons (Fsp3) is 0.0488. The summed E-state index contributed by atoms with van der Waals surface area (Å²) < 4.78 is 6.02. The maximum Gasteiger partial charge on any atom is 0.272 e. The number of nitrogens with zero attached hydrogens (tertiary/aromatic N) is 1. The molecule has 1 aromatic heterocycles. The molecule has 1 atom stereocenters. The van der Waals surface area contributed by atoms with Gasteiger partial charge in [0.05, 0.1) is 4.92 Å². The number of benzene rings is 5. The fourth-order valence-corrected chi connectivity index (χ4v) is 6.14. The zero-order chi connectivity index (χ0) is 36.5. The van der Waals surface area contributed by atoms with E-state index in [-0.39, 0.29) is 17.3 Å². The molecule has 6 rings (SSSR count). The number of anilines is 2. The summed E-state index contributed by atoms with van der Waals surface area (Å²) in [5, 5.41) is 18.8. The van der Waals surface area contributed by atoms with Crippen molar-refractivity contribution < 1.29 is 23.7 Å². The van der Waals surface area contributed by atoms with Gasteiger partial charge in [0.1, 0.15) is 22.5 Å². The first-order chi connectivity index (χ1) is 25.2. The Kier molecular flexibility index (Phi) is 11.0. The van der Waals surface area contributed by atoms with Crippen LogP contribution in [0.3, 0.4) is 0 Å². The summed E-state index contributed by atoms with van der Waals surface area (Å²) in [6.45, 7) is 2.00. The van der Waals surface area contributed by atoms with Crippen LogP contribution in [0.15, 0.2) is 161 Å². The molecule has 10 nitrogen and oxygen atoms in total. The Bertz CT molecular complexity index is 2220. The highest BCUT2D eigenvalue weighted by atomic mass is 32.2. The Morgan fingerprint density at radius 2 is 1.35 bits per heavy atom. The van der Waals surface area contributed by atoms with Gasteiger partial charge in [-0.05, 0) is 73.2 Å². The van der Waals surface area contributed by atoms with Gasteiger partial charge in [-0.2, -0.15) is 0 Å². The second kappa shape index (κ2) is 16.3. The van der Waals surface area contributed by atoms with Crippen LogP contribution in [0.5, 0.6) is 0 Å². The van der Waals surface area contributed by atoms with Crippen LogP contribution in [0.25, 0.3) is 17.4 Å². The minimum atomic E-state index is -0.655. The molecule has 0 aliphatic carbocycles. The van der Waals surface area contributed by atoms with E-state index in [2.05, 4.69) is 16.0 Å². The lowest BCUT2D eigenvalue weighted by atomic mass is 10.1. The molecule has 5 aromatic carbocycles. The standard InChI is InChI=1S/C41H32N4O6S/c1-27-12-14-28(15-13-27)37-25-22-34(51-37)26-36(44-39(46)30-10-6-3-7-11-30)40(47)42-32-18-23-35(24-19-32)52-38(29-8-4-2-5-9-29)41(48)43-31-16-20-33(21-17-31)45(49)50/h2-26,38H,1H3,(H,42,47)(H,43,48)(H,44,46). The molecule has 0 spiro atoms. The normalized spacial score (nSPS) is 11.7. The van der Waals surface area contributed by atoms with E-state index in [9.17, 15) is 24.5 Å². The number of thioether (sulfide) groups is 1. The molecule has 0 saturated carbocycles. The number of rotatable bonds is 12. The van der Waals surface area contributed by atoms with E-state index in [0.29, 0.717) is 28.5 Å². The average molecular weight is 709 g/mol. The molecule has 3 amide bonds. The molecule has 6 aromatic rings. The molecular formula is C41H32N4O6S. The summed E-state index contributed by atoms with van der Waals surface area (Å²) in [7, 11) is 0. The van der Waals surface area contributed by atoms with E-state index < -0.39 is 22.0 Å². The number of hydrogen-bond donors (Lipinski definition) is 3. The van der Waals surface area contributed by atoms with Crippen molar-refractivity contribution in [2.24, 2.45) is 0 Å². The van der Waals surface area contributed by atoms with Gasteiger partial charge in [0, 0.05) is 45.6 Å². The molecule has 0 radical (unpaired) electrons. The number of nitrogens with one attached hydrogen (secondary N) is 3.